The van der Waals surface area contributed by atoms with Crippen molar-refractivity contribution in [2.75, 3.05) is 13.1 Å². The lowest BCUT2D eigenvalue weighted by Crippen LogP contribution is -2.37. The van der Waals surface area contributed by atoms with E-state index in [1.807, 2.05) is 44.2 Å². The molecule has 0 bridgehead atoms. The van der Waals surface area contributed by atoms with Crippen LogP contribution in [0, 0.1) is 6.92 Å². The quantitative estimate of drug-likeness (QED) is 0.766. The third-order valence-corrected chi connectivity index (χ3v) is 5.13. The summed E-state index contributed by atoms with van der Waals surface area (Å²) in [4.78, 5) is 15.1. The molecule has 4 heteroatoms. The molecule has 27 heavy (non-hydrogen) atoms. The van der Waals surface area contributed by atoms with E-state index in [9.17, 15) is 4.79 Å². The molecule has 1 N–H and O–H groups in total. The zero-order valence-corrected chi connectivity index (χ0v) is 16.4. The smallest absolute Gasteiger partial charge is 0.261 e. The normalized spacial score (nSPS) is 15.5. The van der Waals surface area contributed by atoms with Crippen LogP contribution in [-0.2, 0) is 17.9 Å². The third-order valence-electron chi connectivity index (χ3n) is 5.13. The van der Waals surface area contributed by atoms with Crippen molar-refractivity contribution < 1.29 is 9.53 Å². The molecule has 0 aromatic heterocycles. The Balaban J connectivity index is 1.58. The molecule has 1 amide bonds. The van der Waals surface area contributed by atoms with Crippen LogP contribution in [0.4, 0.5) is 0 Å². The van der Waals surface area contributed by atoms with Crippen molar-refractivity contribution in [1.82, 2.24) is 10.2 Å². The largest absolute Gasteiger partial charge is 0.481 e. The number of nitrogens with one attached hydrogen (secondary N) is 1. The van der Waals surface area contributed by atoms with Crippen molar-refractivity contribution in [3.05, 3.63) is 65.2 Å². The number of amides is 1. The van der Waals surface area contributed by atoms with Gasteiger partial charge in [-0.25, -0.2) is 0 Å². The molecule has 1 aliphatic rings. The van der Waals surface area contributed by atoms with Gasteiger partial charge in [0.05, 0.1) is 0 Å². The van der Waals surface area contributed by atoms with Crippen LogP contribution in [0.5, 0.6) is 5.75 Å². The van der Waals surface area contributed by atoms with Gasteiger partial charge in [0.2, 0.25) is 0 Å². The minimum absolute atomic E-state index is 0.0611. The van der Waals surface area contributed by atoms with Gasteiger partial charge in [-0.1, -0.05) is 48.9 Å². The standard InChI is InChI=1S/C23H30N2O2/c1-3-22(27-21-12-10-18(2)11-13-21)23(26)24-16-19-8-4-5-9-20(19)17-25-14-6-7-15-25/h4-5,8-13,22H,3,6-7,14-17H2,1-2H3,(H,24,26)/t22-/m0/s1. The summed E-state index contributed by atoms with van der Waals surface area (Å²) < 4.78 is 5.89. The molecule has 0 unspecified atom stereocenters. The van der Waals surface area contributed by atoms with Gasteiger partial charge in [-0.05, 0) is 62.5 Å². The number of rotatable bonds is 8. The van der Waals surface area contributed by atoms with Gasteiger partial charge in [-0.3, -0.25) is 9.69 Å². The summed E-state index contributed by atoms with van der Waals surface area (Å²) in [6, 6.07) is 16.2. The topological polar surface area (TPSA) is 41.6 Å². The number of aryl methyl sites for hydroxylation is 1. The number of carbonyl (C=O) groups is 1. The Bertz CT molecular complexity index is 736. The maximum atomic E-state index is 12.6. The van der Waals surface area contributed by atoms with Crippen LogP contribution in [0.2, 0.25) is 0 Å². The molecule has 2 aromatic carbocycles. The summed E-state index contributed by atoms with van der Waals surface area (Å²) >= 11 is 0. The summed E-state index contributed by atoms with van der Waals surface area (Å²) in [5.74, 6) is 0.672. The van der Waals surface area contributed by atoms with Crippen LogP contribution >= 0.6 is 0 Å². The molecule has 3 rings (SSSR count). The van der Waals surface area contributed by atoms with Gasteiger partial charge in [0.1, 0.15) is 5.75 Å². The van der Waals surface area contributed by atoms with Crippen molar-refractivity contribution >= 4 is 5.91 Å². The van der Waals surface area contributed by atoms with Gasteiger partial charge in [0.25, 0.3) is 5.91 Å². The van der Waals surface area contributed by atoms with E-state index in [1.165, 1.54) is 42.6 Å². The first-order valence-corrected chi connectivity index (χ1v) is 9.96. The van der Waals surface area contributed by atoms with Crippen molar-refractivity contribution in [3.63, 3.8) is 0 Å². The van der Waals surface area contributed by atoms with Crippen LogP contribution < -0.4 is 10.1 Å². The maximum absolute atomic E-state index is 12.6. The highest BCUT2D eigenvalue weighted by atomic mass is 16.5. The molecule has 1 heterocycles. The predicted molar refractivity (Wildman–Crippen MR) is 109 cm³/mol. The minimum atomic E-state index is -0.474. The lowest BCUT2D eigenvalue weighted by atomic mass is 10.1. The predicted octanol–water partition coefficient (Wildman–Crippen LogP) is 4.06. The molecule has 0 saturated carbocycles. The second-order valence-electron chi connectivity index (χ2n) is 7.30. The zero-order valence-electron chi connectivity index (χ0n) is 16.4. The molecule has 144 valence electrons. The number of nitrogens with zero attached hydrogens (tertiary/aromatic N) is 1. The molecule has 1 fully saturated rings. The fraction of sp³-hybridized carbons (Fsp3) is 0.435. The SMILES string of the molecule is CC[C@H](Oc1ccc(C)cc1)C(=O)NCc1ccccc1CN1CCCC1. The first-order chi connectivity index (χ1) is 13.2. The van der Waals surface area contributed by atoms with E-state index in [2.05, 4.69) is 28.4 Å². The van der Waals surface area contributed by atoms with Crippen LogP contribution in [0.25, 0.3) is 0 Å². The highest BCUT2D eigenvalue weighted by molar-refractivity contribution is 5.81. The molecule has 4 nitrogen and oxygen atoms in total. The first-order valence-electron chi connectivity index (χ1n) is 9.96. The Morgan fingerprint density at radius 1 is 1.07 bits per heavy atom. The maximum Gasteiger partial charge on any atom is 0.261 e. The van der Waals surface area contributed by atoms with Gasteiger partial charge in [-0.2, -0.15) is 0 Å². The van der Waals surface area contributed by atoms with E-state index in [0.717, 1.165) is 12.3 Å². The zero-order chi connectivity index (χ0) is 19.1. The summed E-state index contributed by atoms with van der Waals surface area (Å²) in [5, 5.41) is 3.06. The number of hydrogen-bond donors (Lipinski definition) is 1. The molecule has 0 aliphatic carbocycles. The Labute approximate surface area is 162 Å². The van der Waals surface area contributed by atoms with E-state index in [1.54, 1.807) is 0 Å². The molecule has 1 aliphatic heterocycles. The van der Waals surface area contributed by atoms with Crippen molar-refractivity contribution in [3.8, 4) is 5.75 Å². The van der Waals surface area contributed by atoms with E-state index in [0.29, 0.717) is 13.0 Å². The van der Waals surface area contributed by atoms with Crippen LogP contribution in [-0.4, -0.2) is 30.0 Å². The Morgan fingerprint density at radius 3 is 2.41 bits per heavy atom. The van der Waals surface area contributed by atoms with Gasteiger partial charge >= 0.3 is 0 Å². The van der Waals surface area contributed by atoms with Crippen LogP contribution in [0.1, 0.15) is 42.9 Å². The number of likely N-dealkylation sites (tertiary alicyclic amines) is 1. The monoisotopic (exact) mass is 366 g/mol. The van der Waals surface area contributed by atoms with E-state index in [4.69, 9.17) is 4.74 Å². The van der Waals surface area contributed by atoms with E-state index >= 15 is 0 Å². The molecule has 1 saturated heterocycles. The molecular formula is C23H30N2O2. The molecule has 2 aromatic rings. The fourth-order valence-electron chi connectivity index (χ4n) is 3.47. The van der Waals surface area contributed by atoms with E-state index in [-0.39, 0.29) is 5.91 Å². The second kappa shape index (κ2) is 9.56. The average molecular weight is 367 g/mol. The average Bonchev–Trinajstić information content (AvgIpc) is 3.19. The van der Waals surface area contributed by atoms with Crippen molar-refractivity contribution in [1.29, 1.82) is 0 Å². The van der Waals surface area contributed by atoms with Gasteiger partial charge in [-0.15, -0.1) is 0 Å². The third kappa shape index (κ3) is 5.57. The minimum Gasteiger partial charge on any atom is -0.481 e. The second-order valence-corrected chi connectivity index (χ2v) is 7.30. The highest BCUT2D eigenvalue weighted by Crippen LogP contribution is 2.17. The Hall–Kier alpha value is -2.33. The summed E-state index contributed by atoms with van der Waals surface area (Å²) in [6.45, 7) is 7.85. The number of hydrogen-bond acceptors (Lipinski definition) is 3. The van der Waals surface area contributed by atoms with E-state index < -0.39 is 6.10 Å². The summed E-state index contributed by atoms with van der Waals surface area (Å²) in [6.07, 6.45) is 2.73. The number of benzene rings is 2. The molecule has 1 atom stereocenters. The van der Waals surface area contributed by atoms with Crippen LogP contribution in [0.3, 0.4) is 0 Å². The highest BCUT2D eigenvalue weighted by Gasteiger charge is 2.19. The summed E-state index contributed by atoms with van der Waals surface area (Å²) in [7, 11) is 0. The number of ether oxygens (including phenoxy) is 1. The lowest BCUT2D eigenvalue weighted by Gasteiger charge is -2.20. The van der Waals surface area contributed by atoms with Gasteiger partial charge in [0, 0.05) is 13.1 Å². The lowest BCUT2D eigenvalue weighted by molar-refractivity contribution is -0.128. The fourth-order valence-corrected chi connectivity index (χ4v) is 3.47. The van der Waals surface area contributed by atoms with Crippen molar-refractivity contribution in [2.45, 2.75) is 52.3 Å². The molecule has 0 radical (unpaired) electrons. The number of carbonyl (C=O) groups excluding carboxylic acids is 1. The van der Waals surface area contributed by atoms with Crippen LogP contribution in [0.15, 0.2) is 48.5 Å². The first kappa shape index (κ1) is 19.4. The molecular weight excluding hydrogens is 336 g/mol. The molecule has 0 spiro atoms. The summed E-state index contributed by atoms with van der Waals surface area (Å²) in [5.41, 5.74) is 3.66. The Morgan fingerprint density at radius 2 is 1.74 bits per heavy atom. The van der Waals surface area contributed by atoms with Crippen molar-refractivity contribution in [2.24, 2.45) is 0 Å². The van der Waals surface area contributed by atoms with Gasteiger partial charge < -0.3 is 10.1 Å². The Kier molecular flexibility index (Phi) is 6.88. The van der Waals surface area contributed by atoms with Gasteiger partial charge in [0.15, 0.2) is 6.10 Å².